The van der Waals surface area contributed by atoms with Crippen molar-refractivity contribution in [2.24, 2.45) is 0 Å². The van der Waals surface area contributed by atoms with Crippen LogP contribution in [0.1, 0.15) is 19.8 Å². The third-order valence-electron chi connectivity index (χ3n) is 1.50. The van der Waals surface area contributed by atoms with Crippen molar-refractivity contribution < 1.29 is 0 Å². The number of hydrogen-bond acceptors (Lipinski definition) is 3. The van der Waals surface area contributed by atoms with Crippen LogP contribution in [0, 0.1) is 0 Å². The highest BCUT2D eigenvalue weighted by Crippen LogP contribution is 2.21. The highest BCUT2D eigenvalue weighted by atomic mass is 35.5. The van der Waals surface area contributed by atoms with Gasteiger partial charge in [0.05, 0.1) is 6.33 Å². The lowest BCUT2D eigenvalue weighted by Crippen LogP contribution is -2.07. The number of aromatic amines is 1. The molecule has 0 bridgehead atoms. The smallest absolute Gasteiger partial charge is 0.270 e. The van der Waals surface area contributed by atoms with E-state index in [9.17, 15) is 4.79 Å². The van der Waals surface area contributed by atoms with E-state index in [0.29, 0.717) is 5.03 Å². The van der Waals surface area contributed by atoms with Crippen LogP contribution in [-0.2, 0) is 0 Å². The topological polar surface area (TPSA) is 45.8 Å². The molecule has 0 saturated carbocycles. The number of hydrogen-bond donors (Lipinski definition) is 1. The Labute approximate surface area is 85.9 Å². The van der Waals surface area contributed by atoms with E-state index >= 15 is 0 Å². The van der Waals surface area contributed by atoms with Crippen molar-refractivity contribution in [1.29, 1.82) is 0 Å². The molecule has 1 aromatic rings. The number of halogens is 1. The molecule has 0 aromatic carbocycles. The molecule has 0 atom stereocenters. The number of H-pyrrole nitrogens is 1. The van der Waals surface area contributed by atoms with E-state index in [1.807, 2.05) is 0 Å². The number of aromatic nitrogens is 2. The first-order chi connectivity index (χ1) is 6.25. The molecule has 0 amide bonds. The Kier molecular flexibility index (Phi) is 4.32. The Morgan fingerprint density at radius 2 is 2.46 bits per heavy atom. The average Bonchev–Trinajstić information content (AvgIpc) is 2.13. The van der Waals surface area contributed by atoms with Gasteiger partial charge in [-0.3, -0.25) is 4.79 Å². The van der Waals surface area contributed by atoms with Crippen LogP contribution in [0.15, 0.2) is 16.1 Å². The van der Waals surface area contributed by atoms with E-state index < -0.39 is 0 Å². The van der Waals surface area contributed by atoms with Gasteiger partial charge in [-0.15, -0.1) is 11.8 Å². The highest BCUT2D eigenvalue weighted by molar-refractivity contribution is 7.99. The summed E-state index contributed by atoms with van der Waals surface area (Å²) in [5.41, 5.74) is -0.268. The molecule has 1 N–H and O–H groups in total. The van der Waals surface area contributed by atoms with Gasteiger partial charge in [-0.25, -0.2) is 4.98 Å². The quantitative estimate of drug-likeness (QED) is 0.479. The summed E-state index contributed by atoms with van der Waals surface area (Å²) in [5.74, 6) is 0.951. The first kappa shape index (κ1) is 10.6. The van der Waals surface area contributed by atoms with Crippen molar-refractivity contribution in [2.45, 2.75) is 24.8 Å². The van der Waals surface area contributed by atoms with E-state index in [-0.39, 0.29) is 10.6 Å². The summed E-state index contributed by atoms with van der Waals surface area (Å²) in [6.45, 7) is 2.12. The lowest BCUT2D eigenvalue weighted by Gasteiger charge is -1.99. The zero-order valence-electron chi connectivity index (χ0n) is 7.34. The lowest BCUT2D eigenvalue weighted by molar-refractivity contribution is 0.893. The molecular formula is C8H11ClN2OS. The largest absolute Gasteiger partial charge is 0.312 e. The van der Waals surface area contributed by atoms with Crippen LogP contribution in [-0.4, -0.2) is 15.7 Å². The molecule has 0 saturated heterocycles. The van der Waals surface area contributed by atoms with Crippen molar-refractivity contribution in [1.82, 2.24) is 9.97 Å². The molecule has 13 heavy (non-hydrogen) atoms. The third-order valence-corrected chi connectivity index (χ3v) is 3.04. The minimum atomic E-state index is -0.268. The normalized spacial score (nSPS) is 10.3. The summed E-state index contributed by atoms with van der Waals surface area (Å²) in [4.78, 5) is 17.4. The number of nitrogens with one attached hydrogen (secondary N) is 1. The SMILES string of the molecule is CCCCSc1nc[nH]c(=O)c1Cl. The predicted octanol–water partition coefficient (Wildman–Crippen LogP) is 2.32. The van der Waals surface area contributed by atoms with Gasteiger partial charge in [0.25, 0.3) is 5.56 Å². The van der Waals surface area contributed by atoms with Gasteiger partial charge in [-0.2, -0.15) is 0 Å². The fraction of sp³-hybridized carbons (Fsp3) is 0.500. The maximum Gasteiger partial charge on any atom is 0.270 e. The molecule has 0 aliphatic carbocycles. The second-order valence-corrected chi connectivity index (χ2v) is 4.01. The zero-order chi connectivity index (χ0) is 9.68. The molecule has 1 heterocycles. The Morgan fingerprint density at radius 3 is 3.15 bits per heavy atom. The third kappa shape index (κ3) is 3.04. The van der Waals surface area contributed by atoms with Gasteiger partial charge in [0.2, 0.25) is 0 Å². The Hall–Kier alpha value is -0.480. The van der Waals surface area contributed by atoms with Gasteiger partial charge in [0, 0.05) is 0 Å². The number of nitrogens with zero attached hydrogens (tertiary/aromatic N) is 1. The first-order valence-corrected chi connectivity index (χ1v) is 5.48. The van der Waals surface area contributed by atoms with Crippen molar-refractivity contribution in [3.63, 3.8) is 0 Å². The van der Waals surface area contributed by atoms with Gasteiger partial charge in [0.15, 0.2) is 0 Å². The van der Waals surface area contributed by atoms with Crippen LogP contribution in [0.3, 0.4) is 0 Å². The van der Waals surface area contributed by atoms with Gasteiger partial charge in [-0.1, -0.05) is 24.9 Å². The minimum Gasteiger partial charge on any atom is -0.312 e. The first-order valence-electron chi connectivity index (χ1n) is 4.11. The molecule has 0 spiro atoms. The fourth-order valence-corrected chi connectivity index (χ4v) is 2.02. The molecule has 72 valence electrons. The summed E-state index contributed by atoms with van der Waals surface area (Å²) in [7, 11) is 0. The predicted molar refractivity (Wildman–Crippen MR) is 55.5 cm³/mol. The van der Waals surface area contributed by atoms with Crippen molar-refractivity contribution in [2.75, 3.05) is 5.75 Å². The summed E-state index contributed by atoms with van der Waals surface area (Å²) in [5, 5.41) is 0.822. The standard InChI is InChI=1S/C8H11ClN2OS/c1-2-3-4-13-8-6(9)7(12)10-5-11-8/h5H,2-4H2,1H3,(H,10,11,12). The molecule has 3 nitrogen and oxygen atoms in total. The van der Waals surface area contributed by atoms with Crippen molar-refractivity contribution in [3.8, 4) is 0 Å². The summed E-state index contributed by atoms with van der Waals surface area (Å²) in [6, 6.07) is 0. The molecule has 1 aromatic heterocycles. The Morgan fingerprint density at radius 1 is 1.69 bits per heavy atom. The average molecular weight is 219 g/mol. The zero-order valence-corrected chi connectivity index (χ0v) is 8.91. The van der Waals surface area contributed by atoms with Gasteiger partial charge in [0.1, 0.15) is 10.0 Å². The summed E-state index contributed by atoms with van der Waals surface area (Å²) in [6.07, 6.45) is 3.62. The molecule has 5 heteroatoms. The van der Waals surface area contributed by atoms with Gasteiger partial charge in [-0.05, 0) is 12.2 Å². The summed E-state index contributed by atoms with van der Waals surface area (Å²) >= 11 is 7.27. The Bertz CT molecular complexity index is 326. The van der Waals surface area contributed by atoms with Crippen LogP contribution in [0.5, 0.6) is 0 Å². The van der Waals surface area contributed by atoms with Crippen LogP contribution in [0.25, 0.3) is 0 Å². The van der Waals surface area contributed by atoms with Crippen LogP contribution in [0.2, 0.25) is 5.02 Å². The second kappa shape index (κ2) is 5.29. The van der Waals surface area contributed by atoms with Gasteiger partial charge >= 0.3 is 0 Å². The maximum atomic E-state index is 11.0. The lowest BCUT2D eigenvalue weighted by atomic mass is 10.4. The fourth-order valence-electron chi connectivity index (χ4n) is 0.780. The number of unbranched alkanes of at least 4 members (excludes halogenated alkanes) is 1. The van der Waals surface area contributed by atoms with Gasteiger partial charge < -0.3 is 4.98 Å². The van der Waals surface area contributed by atoms with Crippen molar-refractivity contribution >= 4 is 23.4 Å². The molecule has 0 aliphatic heterocycles. The molecule has 0 aliphatic rings. The highest BCUT2D eigenvalue weighted by Gasteiger charge is 2.04. The maximum absolute atomic E-state index is 11.0. The Balaban J connectivity index is 2.66. The van der Waals surface area contributed by atoms with Crippen molar-refractivity contribution in [3.05, 3.63) is 21.7 Å². The molecular weight excluding hydrogens is 208 g/mol. The van der Waals surface area contributed by atoms with E-state index in [0.717, 1.165) is 18.6 Å². The van der Waals surface area contributed by atoms with E-state index in [4.69, 9.17) is 11.6 Å². The monoisotopic (exact) mass is 218 g/mol. The molecule has 0 fully saturated rings. The molecule has 0 unspecified atom stereocenters. The molecule has 0 radical (unpaired) electrons. The van der Waals surface area contributed by atoms with Crippen LogP contribution < -0.4 is 5.56 Å². The van der Waals surface area contributed by atoms with E-state index in [1.165, 1.54) is 18.1 Å². The van der Waals surface area contributed by atoms with Crippen LogP contribution in [0.4, 0.5) is 0 Å². The van der Waals surface area contributed by atoms with Crippen LogP contribution >= 0.6 is 23.4 Å². The second-order valence-electron chi connectivity index (χ2n) is 2.55. The molecule has 1 rings (SSSR count). The van der Waals surface area contributed by atoms with E-state index in [1.54, 1.807) is 0 Å². The number of rotatable bonds is 4. The minimum absolute atomic E-state index is 0.198. The summed E-state index contributed by atoms with van der Waals surface area (Å²) < 4.78 is 0. The van der Waals surface area contributed by atoms with E-state index in [2.05, 4.69) is 16.9 Å². The number of thioether (sulfide) groups is 1.